The molecule has 0 amide bonds. The molecule has 0 spiro atoms. The average molecular weight is 128 g/mol. The van der Waals surface area contributed by atoms with E-state index in [1.54, 1.807) is 0 Å². The number of hydrogen-bond donors (Lipinski definition) is 0. The maximum absolute atomic E-state index is 5.42. The second-order valence-electron chi connectivity index (χ2n) is 2.88. The van der Waals surface area contributed by atoms with Crippen LogP contribution in [-0.2, 0) is 0 Å². The second-order valence-corrected chi connectivity index (χ2v) is 4.16. The van der Waals surface area contributed by atoms with Crippen LogP contribution in [0.2, 0.25) is 0 Å². The molecule has 0 atom stereocenters. The van der Waals surface area contributed by atoms with Gasteiger partial charge in [0.15, 0.2) is 7.12 Å². The van der Waals surface area contributed by atoms with Gasteiger partial charge in [0.1, 0.15) is 0 Å². The van der Waals surface area contributed by atoms with Crippen molar-refractivity contribution in [3.8, 4) is 0 Å². The Morgan fingerprint density at radius 3 is 1.75 bits per heavy atom. The van der Waals surface area contributed by atoms with Gasteiger partial charge in [0, 0.05) is 4.75 Å². The summed E-state index contributed by atoms with van der Waals surface area (Å²) in [5.74, 6) is 0.650. The molecule has 0 saturated heterocycles. The molecule has 0 N–H and O–H groups in total. The van der Waals surface area contributed by atoms with Gasteiger partial charge in [-0.05, 0) is 5.92 Å². The van der Waals surface area contributed by atoms with E-state index in [4.69, 9.17) is 7.12 Å². The third kappa shape index (κ3) is 2.12. The molecule has 0 aromatic rings. The Morgan fingerprint density at radius 2 is 1.75 bits per heavy atom. The van der Waals surface area contributed by atoms with Crippen LogP contribution in [0, 0.1) is 5.92 Å². The van der Waals surface area contributed by atoms with Gasteiger partial charge in [-0.15, -0.1) is 0 Å². The fraction of sp³-hybridized carbons (Fsp3) is 1.00. The van der Waals surface area contributed by atoms with E-state index in [9.17, 15) is 0 Å². The van der Waals surface area contributed by atoms with Gasteiger partial charge in [-0.2, -0.15) is 0 Å². The lowest BCUT2D eigenvalue weighted by Gasteiger charge is -2.27. The third-order valence-electron chi connectivity index (χ3n) is 1.69. The van der Waals surface area contributed by atoms with Crippen molar-refractivity contribution in [2.24, 2.45) is 5.92 Å². The largest absolute Gasteiger partial charge is 0.221 e. The predicted octanol–water partition coefficient (Wildman–Crippen LogP) is 2.24. The molecule has 0 unspecified atom stereocenters. The van der Waals surface area contributed by atoms with Gasteiger partial charge in [-0.3, -0.25) is 0 Å². The summed E-state index contributed by atoms with van der Waals surface area (Å²) in [4.78, 5) is 0. The molecule has 0 fully saturated rings. The van der Waals surface area contributed by atoms with E-state index in [1.165, 1.54) is 11.6 Å². The van der Waals surface area contributed by atoms with Gasteiger partial charge in [0.2, 0.25) is 0 Å². The molecular formula is C6H13BS. The minimum Gasteiger partial charge on any atom is -0.221 e. The first-order chi connectivity index (χ1) is 3.50. The molecule has 2 radical (unpaired) electrons. The Balaban J connectivity index is 3.71. The van der Waals surface area contributed by atoms with Crippen molar-refractivity contribution in [1.29, 1.82) is 0 Å². The van der Waals surface area contributed by atoms with Crippen molar-refractivity contribution in [3.63, 3.8) is 0 Å². The zero-order chi connectivity index (χ0) is 6.78. The third-order valence-corrected chi connectivity index (χ3v) is 2.77. The van der Waals surface area contributed by atoms with Crippen molar-refractivity contribution in [2.75, 3.05) is 0 Å². The maximum Gasteiger partial charge on any atom is 0.162 e. The van der Waals surface area contributed by atoms with Crippen LogP contribution < -0.4 is 0 Å². The zero-order valence-electron chi connectivity index (χ0n) is 6.06. The molecule has 0 rings (SSSR count). The SMILES string of the molecule is [B]SC(C)(C)C(C)C. The summed E-state index contributed by atoms with van der Waals surface area (Å²) >= 11 is 1.44. The molecular weight excluding hydrogens is 115 g/mol. The molecule has 2 heteroatoms. The van der Waals surface area contributed by atoms with E-state index in [-0.39, 0.29) is 4.75 Å². The molecule has 0 aliphatic heterocycles. The van der Waals surface area contributed by atoms with Crippen molar-refractivity contribution in [3.05, 3.63) is 0 Å². The summed E-state index contributed by atoms with van der Waals surface area (Å²) in [6.07, 6.45) is 0. The van der Waals surface area contributed by atoms with Crippen LogP contribution in [0.25, 0.3) is 0 Å². The van der Waals surface area contributed by atoms with Gasteiger partial charge >= 0.3 is 0 Å². The van der Waals surface area contributed by atoms with E-state index in [2.05, 4.69) is 27.7 Å². The van der Waals surface area contributed by atoms with Gasteiger partial charge in [-0.1, -0.05) is 27.7 Å². The van der Waals surface area contributed by atoms with E-state index < -0.39 is 0 Å². The first-order valence-corrected chi connectivity index (χ1v) is 3.76. The van der Waals surface area contributed by atoms with Crippen molar-refractivity contribution < 1.29 is 0 Å². The minimum atomic E-state index is 0.236. The molecule has 0 nitrogen and oxygen atoms in total. The predicted molar refractivity (Wildman–Crippen MR) is 42.3 cm³/mol. The molecule has 0 heterocycles. The smallest absolute Gasteiger partial charge is 0.162 e. The molecule has 0 aliphatic carbocycles. The quantitative estimate of drug-likeness (QED) is 0.514. The topological polar surface area (TPSA) is 0 Å². The second kappa shape index (κ2) is 2.81. The van der Waals surface area contributed by atoms with Crippen molar-refractivity contribution in [1.82, 2.24) is 0 Å². The highest BCUT2D eigenvalue weighted by molar-refractivity contribution is 8.20. The molecule has 0 aromatic heterocycles. The molecule has 8 heavy (non-hydrogen) atoms. The van der Waals surface area contributed by atoms with Gasteiger partial charge in [-0.25, -0.2) is 11.6 Å². The summed E-state index contributed by atoms with van der Waals surface area (Å²) in [6, 6.07) is 0. The molecule has 0 aliphatic rings. The molecule has 0 bridgehead atoms. The highest BCUT2D eigenvalue weighted by Crippen LogP contribution is 2.28. The summed E-state index contributed by atoms with van der Waals surface area (Å²) in [5, 5.41) is 0. The Bertz CT molecular complexity index is 68.9. The van der Waals surface area contributed by atoms with Crippen molar-refractivity contribution >= 4 is 18.7 Å². The maximum atomic E-state index is 5.42. The molecule has 0 aromatic carbocycles. The zero-order valence-corrected chi connectivity index (χ0v) is 6.88. The van der Waals surface area contributed by atoms with Gasteiger partial charge < -0.3 is 0 Å². The van der Waals surface area contributed by atoms with Crippen molar-refractivity contribution in [2.45, 2.75) is 32.4 Å². The molecule has 0 saturated carbocycles. The van der Waals surface area contributed by atoms with Crippen LogP contribution in [0.15, 0.2) is 0 Å². The lowest BCUT2D eigenvalue weighted by molar-refractivity contribution is 0.506. The summed E-state index contributed by atoms with van der Waals surface area (Å²) in [5.41, 5.74) is 0. The first kappa shape index (κ1) is 8.41. The summed E-state index contributed by atoms with van der Waals surface area (Å²) in [6.45, 7) is 8.67. The normalized spacial score (nSPS) is 12.6. The highest BCUT2D eigenvalue weighted by Gasteiger charge is 2.18. The molecule has 46 valence electrons. The van der Waals surface area contributed by atoms with E-state index in [1.807, 2.05) is 0 Å². The lowest BCUT2D eigenvalue weighted by Crippen LogP contribution is -2.21. The number of hydrogen-bond acceptors (Lipinski definition) is 1. The van der Waals surface area contributed by atoms with Gasteiger partial charge in [0.05, 0.1) is 0 Å². The van der Waals surface area contributed by atoms with E-state index in [0.29, 0.717) is 5.92 Å². The summed E-state index contributed by atoms with van der Waals surface area (Å²) in [7, 11) is 5.42. The van der Waals surface area contributed by atoms with E-state index in [0.717, 1.165) is 0 Å². The Kier molecular flexibility index (Phi) is 2.96. The monoisotopic (exact) mass is 128 g/mol. The average Bonchev–Trinajstić information content (AvgIpc) is 1.67. The fourth-order valence-corrected chi connectivity index (χ4v) is 0.408. The Hall–Kier alpha value is 0.415. The standard InChI is InChI=1S/C6H13BS/c1-5(2)6(3,4)8-7/h5H,1-4H3. The first-order valence-electron chi connectivity index (χ1n) is 2.88. The van der Waals surface area contributed by atoms with Crippen LogP contribution in [0.5, 0.6) is 0 Å². The van der Waals surface area contributed by atoms with Gasteiger partial charge in [0.25, 0.3) is 0 Å². The van der Waals surface area contributed by atoms with E-state index >= 15 is 0 Å². The summed E-state index contributed by atoms with van der Waals surface area (Å²) < 4.78 is 0.236. The van der Waals surface area contributed by atoms with Crippen LogP contribution in [0.3, 0.4) is 0 Å². The van der Waals surface area contributed by atoms with Crippen LogP contribution in [0.1, 0.15) is 27.7 Å². The highest BCUT2D eigenvalue weighted by atomic mass is 32.2. The Morgan fingerprint density at radius 1 is 1.38 bits per heavy atom. The lowest BCUT2D eigenvalue weighted by atomic mass is 10.00. The minimum absolute atomic E-state index is 0.236. The van der Waals surface area contributed by atoms with Crippen LogP contribution in [0.4, 0.5) is 0 Å². The van der Waals surface area contributed by atoms with Crippen LogP contribution in [-0.4, -0.2) is 11.9 Å². The van der Waals surface area contributed by atoms with Crippen LogP contribution >= 0.6 is 11.6 Å². The number of rotatable bonds is 2. The fourth-order valence-electron chi connectivity index (χ4n) is 0.136. The Labute approximate surface area is 57.7 Å².